The fourth-order valence-electron chi connectivity index (χ4n) is 3.79. The summed E-state index contributed by atoms with van der Waals surface area (Å²) in [6, 6.07) is 14.7. The fraction of sp³-hybridized carbons (Fsp3) is 0.308. The number of aromatic hydroxyl groups is 1. The van der Waals surface area contributed by atoms with E-state index in [1.807, 2.05) is 12.1 Å². The maximum absolute atomic E-state index is 10.6. The Hall–Kier alpha value is -2.54. The first-order valence-corrected chi connectivity index (χ1v) is 9.70. The molecule has 0 atom stereocenters. The summed E-state index contributed by atoms with van der Waals surface area (Å²) >= 11 is 0. The van der Waals surface area contributed by atoms with Crippen LogP contribution in [0.2, 0.25) is 0 Å². The molecule has 3 aromatic carbocycles. The third-order valence-electron chi connectivity index (χ3n) is 6.34. The van der Waals surface area contributed by atoms with Crippen LogP contribution < -0.4 is 0 Å². The van der Waals surface area contributed by atoms with Gasteiger partial charge in [-0.05, 0) is 104 Å². The lowest BCUT2D eigenvalue weighted by Gasteiger charge is -2.17. The Morgan fingerprint density at radius 1 is 0.556 bits per heavy atom. The molecule has 0 radical (unpaired) electrons. The topological polar surface area (TPSA) is 20.2 Å². The van der Waals surface area contributed by atoms with Crippen LogP contribution in [0.15, 0.2) is 42.5 Å². The highest BCUT2D eigenvalue weighted by atomic mass is 16.3. The van der Waals surface area contributed by atoms with Crippen molar-refractivity contribution in [2.24, 2.45) is 0 Å². The second-order valence-corrected chi connectivity index (χ2v) is 7.85. The summed E-state index contributed by atoms with van der Waals surface area (Å²) in [6.07, 6.45) is 1.61. The lowest BCUT2D eigenvalue weighted by atomic mass is 9.89. The van der Waals surface area contributed by atoms with Crippen LogP contribution in [-0.2, 0) is 12.8 Å². The Kier molecular flexibility index (Phi) is 5.41. The minimum Gasteiger partial charge on any atom is -0.508 e. The van der Waals surface area contributed by atoms with Crippen LogP contribution in [0, 0.1) is 41.5 Å². The van der Waals surface area contributed by atoms with Crippen LogP contribution in [0.25, 0.3) is 0 Å². The highest BCUT2D eigenvalue weighted by Gasteiger charge is 2.13. The minimum absolute atomic E-state index is 0.395. The van der Waals surface area contributed by atoms with E-state index < -0.39 is 0 Å². The number of phenols is 1. The molecule has 0 unspecified atom stereocenters. The van der Waals surface area contributed by atoms with Crippen molar-refractivity contribution in [1.82, 2.24) is 0 Å². The molecule has 0 saturated carbocycles. The molecule has 140 valence electrons. The van der Waals surface area contributed by atoms with E-state index in [1.54, 1.807) is 0 Å². The molecular formula is C26H30O. The summed E-state index contributed by atoms with van der Waals surface area (Å²) < 4.78 is 0. The monoisotopic (exact) mass is 358 g/mol. The van der Waals surface area contributed by atoms with Gasteiger partial charge in [0.2, 0.25) is 0 Å². The first-order valence-electron chi connectivity index (χ1n) is 9.70. The maximum atomic E-state index is 10.6. The molecule has 0 aliphatic heterocycles. The Morgan fingerprint density at radius 3 is 1.63 bits per heavy atom. The molecule has 1 heteroatoms. The van der Waals surface area contributed by atoms with Crippen LogP contribution in [0.4, 0.5) is 0 Å². The molecule has 0 aliphatic carbocycles. The number of benzene rings is 3. The van der Waals surface area contributed by atoms with E-state index in [1.165, 1.54) is 50.1 Å². The average Bonchev–Trinajstić information content (AvgIpc) is 2.64. The van der Waals surface area contributed by atoms with E-state index in [2.05, 4.69) is 71.9 Å². The number of rotatable bonds is 4. The van der Waals surface area contributed by atoms with Gasteiger partial charge in [0.15, 0.2) is 0 Å². The highest BCUT2D eigenvalue weighted by molar-refractivity contribution is 5.49. The quantitative estimate of drug-likeness (QED) is 0.570. The Balaban J connectivity index is 2.01. The predicted molar refractivity (Wildman–Crippen MR) is 115 cm³/mol. The number of hydrogen-bond acceptors (Lipinski definition) is 1. The van der Waals surface area contributed by atoms with Gasteiger partial charge in [-0.15, -0.1) is 0 Å². The van der Waals surface area contributed by atoms with Crippen LogP contribution >= 0.6 is 0 Å². The van der Waals surface area contributed by atoms with Gasteiger partial charge in [-0.2, -0.15) is 0 Å². The molecule has 0 fully saturated rings. The first kappa shape index (κ1) is 19.2. The van der Waals surface area contributed by atoms with Gasteiger partial charge in [-0.25, -0.2) is 0 Å². The number of aryl methyl sites for hydroxylation is 2. The van der Waals surface area contributed by atoms with Crippen molar-refractivity contribution in [3.05, 3.63) is 98.1 Å². The molecule has 1 N–H and O–H groups in total. The summed E-state index contributed by atoms with van der Waals surface area (Å²) in [4.78, 5) is 0. The zero-order valence-electron chi connectivity index (χ0n) is 17.4. The standard InChI is InChI=1S/C26H30O/c1-16-10-12-22(20(5)18(16)3)14-24-8-7-9-26(27)25(24)15-23-13-11-17(2)19(4)21(23)6/h7-13,27H,14-15H2,1-6H3. The van der Waals surface area contributed by atoms with E-state index in [4.69, 9.17) is 0 Å². The van der Waals surface area contributed by atoms with E-state index in [0.29, 0.717) is 5.75 Å². The van der Waals surface area contributed by atoms with Gasteiger partial charge in [0.25, 0.3) is 0 Å². The predicted octanol–water partition coefficient (Wildman–Crippen LogP) is 6.42. The van der Waals surface area contributed by atoms with Crippen molar-refractivity contribution >= 4 is 0 Å². The third kappa shape index (κ3) is 3.78. The molecule has 3 aromatic rings. The van der Waals surface area contributed by atoms with E-state index in [9.17, 15) is 5.11 Å². The Morgan fingerprint density at radius 2 is 1.07 bits per heavy atom. The Bertz CT molecular complexity index is 996. The van der Waals surface area contributed by atoms with Gasteiger partial charge in [0.1, 0.15) is 5.75 Å². The van der Waals surface area contributed by atoms with E-state index >= 15 is 0 Å². The SMILES string of the molecule is Cc1ccc(Cc2cccc(O)c2Cc2ccc(C)c(C)c2C)c(C)c1C. The zero-order valence-corrected chi connectivity index (χ0v) is 17.4. The van der Waals surface area contributed by atoms with Gasteiger partial charge < -0.3 is 5.11 Å². The summed E-state index contributed by atoms with van der Waals surface area (Å²) in [6.45, 7) is 13.1. The lowest BCUT2D eigenvalue weighted by molar-refractivity contribution is 0.468. The van der Waals surface area contributed by atoms with Gasteiger partial charge >= 0.3 is 0 Å². The molecule has 0 amide bonds. The lowest BCUT2D eigenvalue weighted by Crippen LogP contribution is -2.02. The highest BCUT2D eigenvalue weighted by Crippen LogP contribution is 2.30. The molecule has 0 aliphatic rings. The molecule has 27 heavy (non-hydrogen) atoms. The van der Waals surface area contributed by atoms with E-state index in [-0.39, 0.29) is 0 Å². The van der Waals surface area contributed by atoms with Crippen molar-refractivity contribution < 1.29 is 5.11 Å². The fourth-order valence-corrected chi connectivity index (χ4v) is 3.79. The molecule has 0 spiro atoms. The molecule has 0 saturated heterocycles. The van der Waals surface area contributed by atoms with Crippen LogP contribution in [0.3, 0.4) is 0 Å². The van der Waals surface area contributed by atoms with Crippen molar-refractivity contribution in [1.29, 1.82) is 0 Å². The second kappa shape index (κ2) is 7.60. The van der Waals surface area contributed by atoms with Crippen molar-refractivity contribution in [2.75, 3.05) is 0 Å². The normalized spacial score (nSPS) is 11.0. The van der Waals surface area contributed by atoms with Crippen LogP contribution in [-0.4, -0.2) is 5.11 Å². The average molecular weight is 359 g/mol. The zero-order chi connectivity index (χ0) is 19.7. The van der Waals surface area contributed by atoms with Crippen molar-refractivity contribution in [3.63, 3.8) is 0 Å². The summed E-state index contributed by atoms with van der Waals surface area (Å²) in [5.74, 6) is 0.395. The smallest absolute Gasteiger partial charge is 0.119 e. The molecular weight excluding hydrogens is 328 g/mol. The van der Waals surface area contributed by atoms with E-state index in [0.717, 1.165) is 18.4 Å². The first-order chi connectivity index (χ1) is 12.8. The maximum Gasteiger partial charge on any atom is 0.119 e. The second-order valence-electron chi connectivity index (χ2n) is 7.85. The number of phenolic OH excluding ortho intramolecular Hbond substituents is 1. The van der Waals surface area contributed by atoms with Gasteiger partial charge in [0, 0.05) is 12.0 Å². The molecule has 1 nitrogen and oxygen atoms in total. The van der Waals surface area contributed by atoms with Crippen LogP contribution in [0.1, 0.15) is 55.6 Å². The van der Waals surface area contributed by atoms with Gasteiger partial charge in [0.05, 0.1) is 0 Å². The molecule has 0 aromatic heterocycles. The molecule has 0 bridgehead atoms. The van der Waals surface area contributed by atoms with Crippen LogP contribution in [0.5, 0.6) is 5.75 Å². The van der Waals surface area contributed by atoms with Crippen molar-refractivity contribution in [2.45, 2.75) is 54.4 Å². The minimum atomic E-state index is 0.395. The largest absolute Gasteiger partial charge is 0.508 e. The van der Waals surface area contributed by atoms with Gasteiger partial charge in [-0.3, -0.25) is 0 Å². The van der Waals surface area contributed by atoms with Crippen molar-refractivity contribution in [3.8, 4) is 5.75 Å². The third-order valence-corrected chi connectivity index (χ3v) is 6.34. The summed E-state index contributed by atoms with van der Waals surface area (Å²) in [5, 5.41) is 10.6. The molecule has 0 heterocycles. The Labute approximate surface area is 163 Å². The summed E-state index contributed by atoms with van der Waals surface area (Å²) in [7, 11) is 0. The van der Waals surface area contributed by atoms with Gasteiger partial charge in [-0.1, -0.05) is 36.4 Å². The number of hydrogen-bond donors (Lipinski definition) is 1. The molecule has 3 rings (SSSR count). The summed E-state index contributed by atoms with van der Waals surface area (Å²) in [5.41, 5.74) is 12.9.